The first kappa shape index (κ1) is 15.2. The van der Waals surface area contributed by atoms with Gasteiger partial charge >= 0.3 is 0 Å². The van der Waals surface area contributed by atoms with Gasteiger partial charge in [-0.05, 0) is 37.6 Å². The number of nitrogens with zero attached hydrogens (tertiary/aromatic N) is 1. The van der Waals surface area contributed by atoms with Gasteiger partial charge in [-0.1, -0.05) is 0 Å². The summed E-state index contributed by atoms with van der Waals surface area (Å²) < 4.78 is 19.2. The molecule has 1 amide bonds. The SMILES string of the molecule is O=C(Nc1cc(F)cc(N2CCOCC2)c1)C1CCCNC1. The highest BCUT2D eigenvalue weighted by molar-refractivity contribution is 5.93. The zero-order valence-electron chi connectivity index (χ0n) is 12.6. The summed E-state index contributed by atoms with van der Waals surface area (Å²) in [4.78, 5) is 14.3. The first-order valence-corrected chi connectivity index (χ1v) is 7.87. The average Bonchev–Trinajstić information content (AvgIpc) is 2.56. The van der Waals surface area contributed by atoms with Crippen LogP contribution in [0.25, 0.3) is 0 Å². The van der Waals surface area contributed by atoms with Gasteiger partial charge < -0.3 is 20.3 Å². The van der Waals surface area contributed by atoms with Crippen molar-refractivity contribution < 1.29 is 13.9 Å². The van der Waals surface area contributed by atoms with E-state index in [1.54, 1.807) is 0 Å². The number of piperidine rings is 1. The van der Waals surface area contributed by atoms with Gasteiger partial charge in [-0.3, -0.25) is 4.79 Å². The molecule has 1 aromatic carbocycles. The quantitative estimate of drug-likeness (QED) is 0.891. The predicted molar refractivity (Wildman–Crippen MR) is 83.7 cm³/mol. The molecule has 3 rings (SSSR count). The van der Waals surface area contributed by atoms with Crippen LogP contribution < -0.4 is 15.5 Å². The zero-order valence-corrected chi connectivity index (χ0v) is 12.6. The minimum atomic E-state index is -0.332. The second-order valence-corrected chi connectivity index (χ2v) is 5.83. The Morgan fingerprint density at radius 3 is 2.86 bits per heavy atom. The van der Waals surface area contributed by atoms with Gasteiger partial charge in [0.1, 0.15) is 5.82 Å². The number of carbonyl (C=O) groups is 1. The van der Waals surface area contributed by atoms with Crippen LogP contribution in [0.4, 0.5) is 15.8 Å². The zero-order chi connectivity index (χ0) is 15.4. The van der Waals surface area contributed by atoms with Crippen LogP contribution in [0.15, 0.2) is 18.2 Å². The maximum absolute atomic E-state index is 13.9. The molecule has 1 unspecified atom stereocenters. The van der Waals surface area contributed by atoms with Crippen molar-refractivity contribution in [2.24, 2.45) is 5.92 Å². The van der Waals surface area contributed by atoms with Crippen molar-refractivity contribution in [1.82, 2.24) is 5.32 Å². The van der Waals surface area contributed by atoms with Gasteiger partial charge in [-0.15, -0.1) is 0 Å². The molecule has 1 aromatic rings. The summed E-state index contributed by atoms with van der Waals surface area (Å²) in [6.07, 6.45) is 1.88. The number of amides is 1. The van der Waals surface area contributed by atoms with Crippen molar-refractivity contribution in [3.8, 4) is 0 Å². The van der Waals surface area contributed by atoms with E-state index in [2.05, 4.69) is 15.5 Å². The monoisotopic (exact) mass is 307 g/mol. The Morgan fingerprint density at radius 1 is 1.32 bits per heavy atom. The van der Waals surface area contributed by atoms with E-state index in [1.165, 1.54) is 12.1 Å². The van der Waals surface area contributed by atoms with E-state index in [-0.39, 0.29) is 17.6 Å². The highest BCUT2D eigenvalue weighted by atomic mass is 19.1. The van der Waals surface area contributed by atoms with E-state index in [0.717, 1.165) is 38.2 Å². The van der Waals surface area contributed by atoms with Gasteiger partial charge in [0.15, 0.2) is 0 Å². The Hall–Kier alpha value is -1.66. The molecule has 0 aliphatic carbocycles. The van der Waals surface area contributed by atoms with E-state index in [4.69, 9.17) is 4.74 Å². The maximum Gasteiger partial charge on any atom is 0.228 e. The minimum Gasteiger partial charge on any atom is -0.378 e. The number of halogens is 1. The molecule has 2 heterocycles. The van der Waals surface area contributed by atoms with Crippen molar-refractivity contribution in [2.45, 2.75) is 12.8 Å². The number of anilines is 2. The first-order chi connectivity index (χ1) is 10.7. The lowest BCUT2D eigenvalue weighted by Gasteiger charge is -2.29. The second kappa shape index (κ2) is 7.07. The Labute approximate surface area is 129 Å². The third-order valence-electron chi connectivity index (χ3n) is 4.19. The number of morpholine rings is 1. The number of rotatable bonds is 3. The number of hydrogen-bond donors (Lipinski definition) is 2. The van der Waals surface area contributed by atoms with E-state index >= 15 is 0 Å². The van der Waals surface area contributed by atoms with Gasteiger partial charge in [0.25, 0.3) is 0 Å². The molecule has 0 bridgehead atoms. The molecule has 0 radical (unpaired) electrons. The number of ether oxygens (including phenoxy) is 1. The summed E-state index contributed by atoms with van der Waals surface area (Å²) in [6.45, 7) is 4.42. The fourth-order valence-corrected chi connectivity index (χ4v) is 2.97. The van der Waals surface area contributed by atoms with Gasteiger partial charge in [0, 0.05) is 31.0 Å². The summed E-state index contributed by atoms with van der Waals surface area (Å²) in [6, 6.07) is 4.71. The van der Waals surface area contributed by atoms with Crippen LogP contribution in [0.3, 0.4) is 0 Å². The Morgan fingerprint density at radius 2 is 2.14 bits per heavy atom. The standard InChI is InChI=1S/C16H22FN3O2/c17-13-8-14(19-16(21)12-2-1-3-18-11-12)10-15(9-13)20-4-6-22-7-5-20/h8-10,12,18H,1-7,11H2,(H,19,21). The van der Waals surface area contributed by atoms with Crippen molar-refractivity contribution >= 4 is 17.3 Å². The smallest absolute Gasteiger partial charge is 0.228 e. The molecule has 2 saturated heterocycles. The number of hydrogen-bond acceptors (Lipinski definition) is 4. The van der Waals surface area contributed by atoms with Crippen LogP contribution in [-0.4, -0.2) is 45.3 Å². The van der Waals surface area contributed by atoms with E-state index in [9.17, 15) is 9.18 Å². The van der Waals surface area contributed by atoms with Crippen LogP contribution >= 0.6 is 0 Å². The molecule has 0 saturated carbocycles. The second-order valence-electron chi connectivity index (χ2n) is 5.83. The lowest BCUT2D eigenvalue weighted by Crippen LogP contribution is -2.37. The fourth-order valence-electron chi connectivity index (χ4n) is 2.97. The van der Waals surface area contributed by atoms with Crippen LogP contribution in [-0.2, 0) is 9.53 Å². The summed E-state index contributed by atoms with van der Waals surface area (Å²) in [5.74, 6) is -0.407. The largest absolute Gasteiger partial charge is 0.378 e. The van der Waals surface area contributed by atoms with Crippen LogP contribution in [0.5, 0.6) is 0 Å². The molecule has 2 aliphatic rings. The highest BCUT2D eigenvalue weighted by Gasteiger charge is 2.21. The van der Waals surface area contributed by atoms with Crippen molar-refractivity contribution in [3.05, 3.63) is 24.0 Å². The Balaban J connectivity index is 1.70. The molecule has 1 atom stereocenters. The lowest BCUT2D eigenvalue weighted by atomic mass is 9.99. The Kier molecular flexibility index (Phi) is 4.90. The molecule has 5 nitrogen and oxygen atoms in total. The molecule has 0 aromatic heterocycles. The van der Waals surface area contributed by atoms with Gasteiger partial charge in [-0.25, -0.2) is 4.39 Å². The Bertz CT molecular complexity index is 526. The summed E-state index contributed by atoms with van der Waals surface area (Å²) in [5.41, 5.74) is 1.32. The van der Waals surface area contributed by atoms with Gasteiger partial charge in [0.2, 0.25) is 5.91 Å². The molecule has 6 heteroatoms. The third-order valence-corrected chi connectivity index (χ3v) is 4.19. The molecule has 2 fully saturated rings. The molecular weight excluding hydrogens is 285 g/mol. The predicted octanol–water partition coefficient (Wildman–Crippen LogP) is 1.60. The van der Waals surface area contributed by atoms with Crippen LogP contribution in [0.2, 0.25) is 0 Å². The van der Waals surface area contributed by atoms with Gasteiger partial charge in [-0.2, -0.15) is 0 Å². The molecule has 2 N–H and O–H groups in total. The molecule has 120 valence electrons. The topological polar surface area (TPSA) is 53.6 Å². The van der Waals surface area contributed by atoms with Crippen molar-refractivity contribution in [1.29, 1.82) is 0 Å². The summed E-state index contributed by atoms with van der Waals surface area (Å²) in [5, 5.41) is 6.07. The molecule has 0 spiro atoms. The van der Waals surface area contributed by atoms with Crippen molar-refractivity contribution in [2.75, 3.05) is 49.6 Å². The normalized spacial score (nSPS) is 22.4. The highest BCUT2D eigenvalue weighted by Crippen LogP contribution is 2.23. The molecule has 2 aliphatic heterocycles. The van der Waals surface area contributed by atoms with Crippen molar-refractivity contribution in [3.63, 3.8) is 0 Å². The third kappa shape index (κ3) is 3.75. The number of nitrogens with one attached hydrogen (secondary N) is 2. The average molecular weight is 307 g/mol. The van der Waals surface area contributed by atoms with E-state index in [1.807, 2.05) is 6.07 Å². The van der Waals surface area contributed by atoms with E-state index in [0.29, 0.717) is 25.4 Å². The minimum absolute atomic E-state index is 0.0364. The van der Waals surface area contributed by atoms with E-state index < -0.39 is 0 Å². The molecule has 22 heavy (non-hydrogen) atoms. The van der Waals surface area contributed by atoms with Gasteiger partial charge in [0.05, 0.1) is 19.1 Å². The number of carbonyl (C=O) groups excluding carboxylic acids is 1. The lowest BCUT2D eigenvalue weighted by molar-refractivity contribution is -0.120. The molecular formula is C16H22FN3O2. The van der Waals surface area contributed by atoms with Crippen LogP contribution in [0, 0.1) is 11.7 Å². The van der Waals surface area contributed by atoms with Crippen LogP contribution in [0.1, 0.15) is 12.8 Å². The summed E-state index contributed by atoms with van der Waals surface area (Å²) in [7, 11) is 0. The fraction of sp³-hybridized carbons (Fsp3) is 0.562. The summed E-state index contributed by atoms with van der Waals surface area (Å²) >= 11 is 0. The number of benzene rings is 1. The maximum atomic E-state index is 13.9. The first-order valence-electron chi connectivity index (χ1n) is 7.87.